The first-order valence-electron chi connectivity index (χ1n) is 11.2. The molecule has 2 aromatic carbocycles. The van der Waals surface area contributed by atoms with Crippen LogP contribution in [0.1, 0.15) is 35.2 Å². The maximum atomic E-state index is 5.89. The van der Waals surface area contributed by atoms with Crippen molar-refractivity contribution in [2.75, 3.05) is 20.3 Å². The minimum Gasteiger partial charge on any atom is -0.381 e. The molecule has 7 nitrogen and oxygen atoms in total. The summed E-state index contributed by atoms with van der Waals surface area (Å²) in [6.07, 6.45) is 1.69. The maximum absolute atomic E-state index is 5.89. The van der Waals surface area contributed by atoms with Crippen LogP contribution in [0.25, 0.3) is 23.0 Å². The maximum Gasteiger partial charge on any atom is 0.278 e. The van der Waals surface area contributed by atoms with Crippen LogP contribution in [0.2, 0.25) is 0 Å². The molecule has 0 bridgehead atoms. The molecule has 1 saturated heterocycles. The van der Waals surface area contributed by atoms with Gasteiger partial charge < -0.3 is 14.0 Å². The molecule has 2 aromatic heterocycles. The quantitative estimate of drug-likeness (QED) is 0.420. The SMILES string of the molecule is COC1(c2ccc(-c3noc(-c4cc(C)n(Cc5ccc(C)cc5)n4)n3)cc2)CCOCC1. The van der Waals surface area contributed by atoms with Gasteiger partial charge in [0.1, 0.15) is 0 Å². The first kappa shape index (κ1) is 21.6. The van der Waals surface area contributed by atoms with Crippen molar-refractivity contribution < 1.29 is 14.0 Å². The Labute approximate surface area is 193 Å². The Morgan fingerprint density at radius 2 is 1.73 bits per heavy atom. The molecule has 1 aliphatic heterocycles. The number of aryl methyl sites for hydroxylation is 2. The van der Waals surface area contributed by atoms with Gasteiger partial charge in [-0.05, 0) is 31.0 Å². The second-order valence-corrected chi connectivity index (χ2v) is 8.63. The summed E-state index contributed by atoms with van der Waals surface area (Å²) >= 11 is 0. The van der Waals surface area contributed by atoms with Crippen LogP contribution in [0.15, 0.2) is 59.1 Å². The topological polar surface area (TPSA) is 75.2 Å². The van der Waals surface area contributed by atoms with Crippen molar-refractivity contribution >= 4 is 0 Å². The minimum atomic E-state index is -0.291. The molecule has 3 heterocycles. The number of nitrogens with zero attached hydrogens (tertiary/aromatic N) is 4. The molecule has 0 radical (unpaired) electrons. The van der Waals surface area contributed by atoms with Crippen LogP contribution in [0, 0.1) is 13.8 Å². The van der Waals surface area contributed by atoms with Gasteiger partial charge in [0.2, 0.25) is 5.82 Å². The number of rotatable bonds is 6. The third-order valence-electron chi connectivity index (χ3n) is 6.44. The molecule has 0 atom stereocenters. The third-order valence-corrected chi connectivity index (χ3v) is 6.44. The van der Waals surface area contributed by atoms with Crippen LogP contribution in [-0.4, -0.2) is 40.2 Å². The van der Waals surface area contributed by atoms with Crippen molar-refractivity contribution in [1.82, 2.24) is 19.9 Å². The van der Waals surface area contributed by atoms with Crippen molar-refractivity contribution in [3.05, 3.63) is 77.0 Å². The van der Waals surface area contributed by atoms with E-state index >= 15 is 0 Å². The lowest BCUT2D eigenvalue weighted by molar-refractivity contribution is -0.0947. The van der Waals surface area contributed by atoms with Crippen LogP contribution in [0.3, 0.4) is 0 Å². The van der Waals surface area contributed by atoms with E-state index in [1.54, 1.807) is 7.11 Å². The highest BCUT2D eigenvalue weighted by Gasteiger charge is 2.34. The second-order valence-electron chi connectivity index (χ2n) is 8.63. The van der Waals surface area contributed by atoms with Gasteiger partial charge in [-0.3, -0.25) is 4.68 Å². The number of aromatic nitrogens is 4. The van der Waals surface area contributed by atoms with Crippen molar-refractivity contribution in [3.63, 3.8) is 0 Å². The molecule has 0 amide bonds. The molecule has 5 rings (SSSR count). The van der Waals surface area contributed by atoms with Gasteiger partial charge in [-0.15, -0.1) is 0 Å². The molecule has 1 fully saturated rings. The first-order chi connectivity index (χ1) is 16.1. The smallest absolute Gasteiger partial charge is 0.278 e. The highest BCUT2D eigenvalue weighted by molar-refractivity contribution is 5.58. The molecule has 0 spiro atoms. The molecule has 170 valence electrons. The Morgan fingerprint density at radius 1 is 1.00 bits per heavy atom. The summed E-state index contributed by atoms with van der Waals surface area (Å²) in [5.41, 5.74) is 5.90. The van der Waals surface area contributed by atoms with Gasteiger partial charge in [-0.1, -0.05) is 59.3 Å². The van der Waals surface area contributed by atoms with Gasteiger partial charge in [0, 0.05) is 44.4 Å². The normalized spacial score (nSPS) is 15.6. The summed E-state index contributed by atoms with van der Waals surface area (Å²) in [5, 5.41) is 8.88. The summed E-state index contributed by atoms with van der Waals surface area (Å²) in [4.78, 5) is 4.60. The largest absolute Gasteiger partial charge is 0.381 e. The Balaban J connectivity index is 1.35. The van der Waals surface area contributed by atoms with Crippen LogP contribution < -0.4 is 0 Å². The molecule has 7 heteroatoms. The average Bonchev–Trinajstić information content (AvgIpc) is 3.48. The summed E-state index contributed by atoms with van der Waals surface area (Å²) in [6.45, 7) is 6.23. The Bertz CT molecular complexity index is 1220. The third kappa shape index (κ3) is 4.34. The van der Waals surface area contributed by atoms with E-state index in [-0.39, 0.29) is 5.60 Å². The van der Waals surface area contributed by atoms with Crippen LogP contribution in [-0.2, 0) is 21.6 Å². The Morgan fingerprint density at radius 3 is 2.42 bits per heavy atom. The summed E-state index contributed by atoms with van der Waals surface area (Å²) in [5.74, 6) is 0.957. The Kier molecular flexibility index (Phi) is 5.83. The number of methoxy groups -OCH3 is 1. The Hall–Kier alpha value is -3.29. The van der Waals surface area contributed by atoms with E-state index in [0.717, 1.165) is 29.7 Å². The zero-order valence-electron chi connectivity index (χ0n) is 19.2. The van der Waals surface area contributed by atoms with E-state index in [1.807, 2.05) is 29.8 Å². The van der Waals surface area contributed by atoms with Crippen molar-refractivity contribution in [1.29, 1.82) is 0 Å². The zero-order chi connectivity index (χ0) is 22.8. The molecule has 1 aliphatic rings. The lowest BCUT2D eigenvalue weighted by Crippen LogP contribution is -2.35. The number of benzene rings is 2. The predicted molar refractivity (Wildman–Crippen MR) is 125 cm³/mol. The van der Waals surface area contributed by atoms with Crippen LogP contribution >= 0.6 is 0 Å². The fourth-order valence-corrected chi connectivity index (χ4v) is 4.32. The summed E-state index contributed by atoms with van der Waals surface area (Å²) in [7, 11) is 1.77. The van der Waals surface area contributed by atoms with Crippen molar-refractivity contribution in [3.8, 4) is 23.0 Å². The number of hydrogen-bond donors (Lipinski definition) is 0. The second kappa shape index (κ2) is 8.92. The van der Waals surface area contributed by atoms with Crippen molar-refractivity contribution in [2.45, 2.75) is 38.8 Å². The van der Waals surface area contributed by atoms with Gasteiger partial charge in [0.05, 0.1) is 12.1 Å². The summed E-state index contributed by atoms with van der Waals surface area (Å²) in [6, 6.07) is 18.6. The highest BCUT2D eigenvalue weighted by Crippen LogP contribution is 2.36. The highest BCUT2D eigenvalue weighted by atomic mass is 16.5. The number of ether oxygens (including phenoxy) is 2. The van der Waals surface area contributed by atoms with Crippen LogP contribution in [0.5, 0.6) is 0 Å². The van der Waals surface area contributed by atoms with Gasteiger partial charge >= 0.3 is 0 Å². The first-order valence-corrected chi connectivity index (χ1v) is 11.2. The molecular formula is C26H28N4O3. The summed E-state index contributed by atoms with van der Waals surface area (Å²) < 4.78 is 18.9. The molecule has 0 saturated carbocycles. The molecule has 0 unspecified atom stereocenters. The fraction of sp³-hybridized carbons (Fsp3) is 0.346. The van der Waals surface area contributed by atoms with E-state index in [9.17, 15) is 0 Å². The van der Waals surface area contributed by atoms with Crippen LogP contribution in [0.4, 0.5) is 0 Å². The standard InChI is InChI=1S/C26H28N4O3/c1-18-4-6-20(7-5-18)17-30-19(2)16-23(28-30)25-27-24(29-33-25)21-8-10-22(11-9-21)26(31-3)12-14-32-15-13-26/h4-11,16H,12-15,17H2,1-3H3. The average molecular weight is 445 g/mol. The fourth-order valence-electron chi connectivity index (χ4n) is 4.32. The van der Waals surface area contributed by atoms with Crippen molar-refractivity contribution in [2.24, 2.45) is 0 Å². The van der Waals surface area contributed by atoms with E-state index in [0.29, 0.717) is 37.2 Å². The lowest BCUT2D eigenvalue weighted by Gasteiger charge is -2.36. The van der Waals surface area contributed by atoms with E-state index in [2.05, 4.69) is 53.5 Å². The minimum absolute atomic E-state index is 0.291. The van der Waals surface area contributed by atoms with E-state index < -0.39 is 0 Å². The van der Waals surface area contributed by atoms with E-state index in [1.165, 1.54) is 11.1 Å². The van der Waals surface area contributed by atoms with Gasteiger partial charge in [-0.2, -0.15) is 10.1 Å². The van der Waals surface area contributed by atoms with Gasteiger partial charge in [-0.25, -0.2) is 0 Å². The molecule has 0 N–H and O–H groups in total. The molecule has 0 aliphatic carbocycles. The zero-order valence-corrected chi connectivity index (χ0v) is 19.2. The predicted octanol–water partition coefficient (Wildman–Crippen LogP) is 4.92. The molecule has 4 aromatic rings. The molecular weight excluding hydrogens is 416 g/mol. The monoisotopic (exact) mass is 444 g/mol. The molecule has 33 heavy (non-hydrogen) atoms. The van der Waals surface area contributed by atoms with Gasteiger partial charge in [0.15, 0.2) is 5.69 Å². The lowest BCUT2D eigenvalue weighted by atomic mass is 9.86. The van der Waals surface area contributed by atoms with E-state index in [4.69, 9.17) is 19.1 Å². The number of hydrogen-bond acceptors (Lipinski definition) is 6. The van der Waals surface area contributed by atoms with Gasteiger partial charge in [0.25, 0.3) is 5.89 Å².